The molecule has 4 rings (SSSR count). The van der Waals surface area contributed by atoms with Crippen LogP contribution in [0.3, 0.4) is 0 Å². The third-order valence-electron chi connectivity index (χ3n) is 6.06. The van der Waals surface area contributed by atoms with Crippen molar-refractivity contribution in [3.05, 3.63) is 46.5 Å². The third kappa shape index (κ3) is 4.83. The van der Waals surface area contributed by atoms with E-state index in [1.165, 1.54) is 0 Å². The minimum absolute atomic E-state index is 0.0655. The molecule has 1 aromatic carbocycles. The monoisotopic (exact) mass is 467 g/mol. The number of nitrogens with one attached hydrogen (secondary N) is 1. The lowest BCUT2D eigenvalue weighted by Gasteiger charge is -2.28. The second kappa shape index (κ2) is 9.95. The van der Waals surface area contributed by atoms with E-state index in [0.29, 0.717) is 36.2 Å². The van der Waals surface area contributed by atoms with Gasteiger partial charge in [0.1, 0.15) is 18.2 Å². The fourth-order valence-electron chi connectivity index (χ4n) is 4.35. The molecule has 0 unspecified atom stereocenters. The molecule has 182 valence electrons. The molecule has 34 heavy (non-hydrogen) atoms. The lowest BCUT2D eigenvalue weighted by molar-refractivity contribution is 0.0321. The van der Waals surface area contributed by atoms with E-state index >= 15 is 0 Å². The van der Waals surface area contributed by atoms with Gasteiger partial charge >= 0.3 is 0 Å². The van der Waals surface area contributed by atoms with Crippen LogP contribution in [0.4, 0.5) is 0 Å². The molecule has 0 aliphatic carbocycles. The molecule has 9 nitrogen and oxygen atoms in total. The van der Waals surface area contributed by atoms with Crippen LogP contribution in [0.25, 0.3) is 0 Å². The molecule has 3 heterocycles. The van der Waals surface area contributed by atoms with Gasteiger partial charge in [-0.05, 0) is 24.6 Å². The normalized spacial score (nSPS) is 18.7. The summed E-state index contributed by atoms with van der Waals surface area (Å²) >= 11 is 0. The number of fused-ring (bicyclic) bond motifs is 1. The van der Waals surface area contributed by atoms with Crippen LogP contribution in [-0.4, -0.2) is 61.2 Å². The zero-order chi connectivity index (χ0) is 24.3. The Balaban J connectivity index is 1.66. The van der Waals surface area contributed by atoms with Gasteiger partial charge in [-0.3, -0.25) is 10.00 Å². The molecule has 9 heteroatoms. The number of benzene rings is 1. The van der Waals surface area contributed by atoms with Gasteiger partial charge in [-0.15, -0.1) is 5.10 Å². The molecule has 0 amide bonds. The van der Waals surface area contributed by atoms with Crippen LogP contribution in [0.1, 0.15) is 50.4 Å². The molecular formula is C25H33N5O4. The molecule has 0 spiro atoms. The van der Waals surface area contributed by atoms with Crippen molar-refractivity contribution in [2.75, 3.05) is 46.1 Å². The number of morpholine rings is 1. The Morgan fingerprint density at radius 1 is 1.24 bits per heavy atom. The second-order valence-electron chi connectivity index (χ2n) is 9.43. The lowest BCUT2D eigenvalue weighted by Crippen LogP contribution is -2.38. The van der Waals surface area contributed by atoms with Crippen LogP contribution < -0.4 is 19.9 Å². The maximum atomic E-state index is 9.95. The fraction of sp³-hybridized carbons (Fsp3) is 0.520. The molecule has 2 aromatic rings. The lowest BCUT2D eigenvalue weighted by atomic mass is 9.79. The molecule has 1 aromatic heterocycles. The maximum absolute atomic E-state index is 9.95. The number of hydrogen-bond donors (Lipinski definition) is 2. The average molecular weight is 468 g/mol. The molecular weight excluding hydrogens is 434 g/mol. The van der Waals surface area contributed by atoms with Crippen LogP contribution >= 0.6 is 0 Å². The highest BCUT2D eigenvalue weighted by atomic mass is 16.5. The van der Waals surface area contributed by atoms with E-state index in [0.717, 1.165) is 49.7 Å². The van der Waals surface area contributed by atoms with Crippen LogP contribution in [0.5, 0.6) is 17.4 Å². The highest BCUT2D eigenvalue weighted by Gasteiger charge is 2.38. The number of nitrogens with zero attached hydrogens (tertiary/aromatic N) is 3. The standard InChI is InChI=1S/C25H33N5O4/c1-5-32-19-14-16(6-7-18(19)33-13-10-30-8-11-31-12-9-30)20-17(15-26)23(27)34-24-21(20)22(28-29-24)25(2,3)4/h6-7,14,20H,5,8-13,27H2,1-4H3,(H,28,29)/t20-/m1/s1. The van der Waals surface area contributed by atoms with Crippen LogP contribution in [-0.2, 0) is 10.2 Å². The van der Waals surface area contributed by atoms with Crippen molar-refractivity contribution in [1.82, 2.24) is 15.1 Å². The van der Waals surface area contributed by atoms with Gasteiger partial charge in [-0.2, -0.15) is 5.26 Å². The van der Waals surface area contributed by atoms with E-state index in [1.807, 2.05) is 25.1 Å². The largest absolute Gasteiger partial charge is 0.490 e. The summed E-state index contributed by atoms with van der Waals surface area (Å²) in [4.78, 5) is 2.32. The van der Waals surface area contributed by atoms with Crippen LogP contribution in [0, 0.1) is 11.3 Å². The van der Waals surface area contributed by atoms with E-state index in [-0.39, 0.29) is 11.3 Å². The number of rotatable bonds is 7. The first-order chi connectivity index (χ1) is 16.3. The van der Waals surface area contributed by atoms with Crippen molar-refractivity contribution < 1.29 is 18.9 Å². The molecule has 0 bridgehead atoms. The van der Waals surface area contributed by atoms with Gasteiger partial charge in [0.2, 0.25) is 11.8 Å². The number of allylic oxidation sites excluding steroid dienone is 1. The van der Waals surface area contributed by atoms with Gasteiger partial charge in [0.25, 0.3) is 0 Å². The number of aromatic amines is 1. The zero-order valence-corrected chi connectivity index (χ0v) is 20.3. The summed E-state index contributed by atoms with van der Waals surface area (Å²) in [7, 11) is 0. The average Bonchev–Trinajstić information content (AvgIpc) is 3.24. The molecule has 0 radical (unpaired) electrons. The number of nitriles is 1. The number of hydrogen-bond acceptors (Lipinski definition) is 8. The van der Waals surface area contributed by atoms with Crippen molar-refractivity contribution in [3.8, 4) is 23.4 Å². The zero-order valence-electron chi connectivity index (χ0n) is 20.3. The van der Waals surface area contributed by atoms with E-state index < -0.39 is 5.92 Å². The van der Waals surface area contributed by atoms with Crippen molar-refractivity contribution in [2.45, 2.75) is 39.0 Å². The first-order valence-corrected chi connectivity index (χ1v) is 11.7. The van der Waals surface area contributed by atoms with Crippen molar-refractivity contribution >= 4 is 0 Å². The minimum Gasteiger partial charge on any atom is -0.490 e. The summed E-state index contributed by atoms with van der Waals surface area (Å²) in [5.41, 5.74) is 8.82. The minimum atomic E-state index is -0.427. The highest BCUT2D eigenvalue weighted by molar-refractivity contribution is 5.58. The number of nitrogens with two attached hydrogens (primary N) is 1. The smallest absolute Gasteiger partial charge is 0.244 e. The van der Waals surface area contributed by atoms with E-state index in [9.17, 15) is 5.26 Å². The predicted octanol–water partition coefficient (Wildman–Crippen LogP) is 3.04. The summed E-state index contributed by atoms with van der Waals surface area (Å²) in [6, 6.07) is 8.03. The SMILES string of the molecule is CCOc1cc([C@@H]2C(C#N)=C(N)Oc3n[nH]c(C(C)(C)C)c32)ccc1OCCN1CCOCC1. The molecule has 1 fully saturated rings. The highest BCUT2D eigenvalue weighted by Crippen LogP contribution is 2.46. The Kier molecular flexibility index (Phi) is 7.00. The Bertz CT molecular complexity index is 1090. The molecule has 1 saturated heterocycles. The predicted molar refractivity (Wildman–Crippen MR) is 127 cm³/mol. The van der Waals surface area contributed by atoms with Gasteiger partial charge in [0.15, 0.2) is 11.5 Å². The Hall–Kier alpha value is -3.22. The molecule has 3 N–H and O–H groups in total. The second-order valence-corrected chi connectivity index (χ2v) is 9.43. The van der Waals surface area contributed by atoms with Gasteiger partial charge < -0.3 is 24.7 Å². The van der Waals surface area contributed by atoms with Gasteiger partial charge in [-0.25, -0.2) is 0 Å². The summed E-state index contributed by atoms with van der Waals surface area (Å²) in [5, 5.41) is 17.4. The topological polar surface area (TPSA) is 119 Å². The van der Waals surface area contributed by atoms with Crippen molar-refractivity contribution in [1.29, 1.82) is 5.26 Å². The Morgan fingerprint density at radius 2 is 2.00 bits per heavy atom. The first kappa shape index (κ1) is 23.9. The van der Waals surface area contributed by atoms with E-state index in [1.54, 1.807) is 0 Å². The molecule has 1 atom stereocenters. The van der Waals surface area contributed by atoms with Crippen LogP contribution in [0.2, 0.25) is 0 Å². The number of H-pyrrole nitrogens is 1. The van der Waals surface area contributed by atoms with Crippen molar-refractivity contribution in [2.24, 2.45) is 5.73 Å². The third-order valence-corrected chi connectivity index (χ3v) is 6.06. The van der Waals surface area contributed by atoms with Gasteiger partial charge in [0, 0.05) is 30.7 Å². The maximum Gasteiger partial charge on any atom is 0.244 e. The summed E-state index contributed by atoms with van der Waals surface area (Å²) in [6.07, 6.45) is 0. The molecule has 0 saturated carbocycles. The quantitative estimate of drug-likeness (QED) is 0.638. The summed E-state index contributed by atoms with van der Waals surface area (Å²) in [5.74, 6) is 1.34. The van der Waals surface area contributed by atoms with Gasteiger partial charge in [-0.1, -0.05) is 26.8 Å². The molecule has 2 aliphatic heterocycles. The van der Waals surface area contributed by atoms with Crippen LogP contribution in [0.15, 0.2) is 29.7 Å². The number of ether oxygens (including phenoxy) is 4. The summed E-state index contributed by atoms with van der Waals surface area (Å²) < 4.78 is 23.1. The number of aromatic nitrogens is 2. The molecule has 2 aliphatic rings. The fourth-order valence-corrected chi connectivity index (χ4v) is 4.35. The van der Waals surface area contributed by atoms with E-state index in [2.05, 4.69) is 41.9 Å². The Labute approximate surface area is 200 Å². The van der Waals surface area contributed by atoms with E-state index in [4.69, 9.17) is 24.7 Å². The Morgan fingerprint density at radius 3 is 2.68 bits per heavy atom. The first-order valence-electron chi connectivity index (χ1n) is 11.7. The van der Waals surface area contributed by atoms with Gasteiger partial charge in [0.05, 0.1) is 31.3 Å². The summed E-state index contributed by atoms with van der Waals surface area (Å²) in [6.45, 7) is 13.4. The van der Waals surface area contributed by atoms with Crippen molar-refractivity contribution in [3.63, 3.8) is 0 Å².